The second-order valence-electron chi connectivity index (χ2n) is 6.03. The summed E-state index contributed by atoms with van der Waals surface area (Å²) in [6.07, 6.45) is 5.44. The molecule has 0 fully saturated rings. The minimum absolute atomic E-state index is 0.0711. The van der Waals surface area contributed by atoms with Crippen LogP contribution in [0.25, 0.3) is 22.8 Å². The maximum atomic E-state index is 12.5. The first-order valence-electron chi connectivity index (χ1n) is 7.86. The van der Waals surface area contributed by atoms with Crippen molar-refractivity contribution >= 4 is 23.2 Å². The fraction of sp³-hybridized carbons (Fsp3) is 0.100. The van der Waals surface area contributed by atoms with Crippen molar-refractivity contribution in [2.24, 2.45) is 0 Å². The molecule has 3 aromatic rings. The van der Waals surface area contributed by atoms with E-state index in [4.69, 9.17) is 0 Å². The lowest BCUT2D eigenvalue weighted by Crippen LogP contribution is -2.04. The molecule has 118 valence electrons. The zero-order valence-corrected chi connectivity index (χ0v) is 13.6. The van der Waals surface area contributed by atoms with E-state index in [0.29, 0.717) is 5.57 Å². The van der Waals surface area contributed by atoms with Gasteiger partial charge < -0.3 is 10.3 Å². The molecule has 0 saturated carbocycles. The molecule has 4 rings (SSSR count). The summed E-state index contributed by atoms with van der Waals surface area (Å²) >= 11 is 0. The number of aromatic nitrogens is 2. The van der Waals surface area contributed by atoms with Gasteiger partial charge in [0.1, 0.15) is 0 Å². The molecule has 0 unspecified atom stereocenters. The molecule has 0 aliphatic carbocycles. The number of pyridine rings is 1. The molecule has 1 aliphatic heterocycles. The maximum absolute atomic E-state index is 12.5. The van der Waals surface area contributed by atoms with Gasteiger partial charge in [0.15, 0.2) is 0 Å². The number of carbonyl (C=O) groups is 1. The molecule has 3 heterocycles. The van der Waals surface area contributed by atoms with Crippen LogP contribution in [0.15, 0.2) is 48.8 Å². The number of carbonyl (C=O) groups excluding carboxylic acids is 1. The van der Waals surface area contributed by atoms with Crippen LogP contribution in [0.2, 0.25) is 0 Å². The molecule has 0 saturated heterocycles. The number of hydrogen-bond acceptors (Lipinski definition) is 2. The zero-order valence-electron chi connectivity index (χ0n) is 13.6. The van der Waals surface area contributed by atoms with Crippen molar-refractivity contribution in [1.82, 2.24) is 9.97 Å². The number of nitrogens with zero attached hydrogens (tertiary/aromatic N) is 1. The molecule has 4 nitrogen and oxygen atoms in total. The Morgan fingerprint density at radius 1 is 1.04 bits per heavy atom. The van der Waals surface area contributed by atoms with Crippen molar-refractivity contribution in [3.63, 3.8) is 0 Å². The quantitative estimate of drug-likeness (QED) is 0.697. The standard InChI is InChI=1S/C20H17N3O/c1-12-10-13(2)22-18(12)11-17-16-5-3-4-15(19(16)23-20(17)24)14-6-8-21-9-7-14/h3-11,22H,1-2H3,(H,23,24)/b17-11-. The number of amides is 1. The smallest absolute Gasteiger partial charge is 0.256 e. The summed E-state index contributed by atoms with van der Waals surface area (Å²) in [5.74, 6) is -0.0711. The summed E-state index contributed by atoms with van der Waals surface area (Å²) in [7, 11) is 0. The molecule has 4 heteroatoms. The topological polar surface area (TPSA) is 57.8 Å². The van der Waals surface area contributed by atoms with Crippen LogP contribution in [0.3, 0.4) is 0 Å². The van der Waals surface area contributed by atoms with Crippen LogP contribution in [0.4, 0.5) is 5.69 Å². The van der Waals surface area contributed by atoms with Crippen molar-refractivity contribution < 1.29 is 4.79 Å². The van der Waals surface area contributed by atoms with Gasteiger partial charge in [-0.05, 0) is 49.2 Å². The van der Waals surface area contributed by atoms with E-state index in [1.54, 1.807) is 12.4 Å². The van der Waals surface area contributed by atoms with E-state index in [1.807, 2.05) is 50.3 Å². The zero-order chi connectivity index (χ0) is 16.7. The number of anilines is 1. The highest BCUT2D eigenvalue weighted by molar-refractivity contribution is 6.36. The van der Waals surface area contributed by atoms with Gasteiger partial charge in [0, 0.05) is 34.9 Å². The number of hydrogen-bond donors (Lipinski definition) is 2. The minimum atomic E-state index is -0.0711. The molecular formula is C20H17N3O. The van der Waals surface area contributed by atoms with E-state index in [1.165, 1.54) is 0 Å². The van der Waals surface area contributed by atoms with Crippen molar-refractivity contribution in [3.05, 3.63) is 71.3 Å². The predicted molar refractivity (Wildman–Crippen MR) is 96.4 cm³/mol. The molecule has 2 N–H and O–H groups in total. The van der Waals surface area contributed by atoms with Gasteiger partial charge in [-0.1, -0.05) is 18.2 Å². The Morgan fingerprint density at radius 3 is 2.50 bits per heavy atom. The van der Waals surface area contributed by atoms with Crippen molar-refractivity contribution in [3.8, 4) is 11.1 Å². The molecule has 1 aliphatic rings. The fourth-order valence-corrected chi connectivity index (χ4v) is 3.17. The molecule has 1 aromatic carbocycles. The highest BCUT2D eigenvalue weighted by atomic mass is 16.2. The van der Waals surface area contributed by atoms with Crippen molar-refractivity contribution in [1.29, 1.82) is 0 Å². The Kier molecular flexibility index (Phi) is 3.31. The number of para-hydroxylation sites is 1. The average Bonchev–Trinajstić information content (AvgIpc) is 3.07. The molecule has 24 heavy (non-hydrogen) atoms. The van der Waals surface area contributed by atoms with Crippen molar-refractivity contribution in [2.75, 3.05) is 5.32 Å². The van der Waals surface area contributed by atoms with Crippen LogP contribution >= 0.6 is 0 Å². The average molecular weight is 315 g/mol. The van der Waals surface area contributed by atoms with E-state index in [9.17, 15) is 4.79 Å². The van der Waals surface area contributed by atoms with Gasteiger partial charge in [-0.15, -0.1) is 0 Å². The Bertz CT molecular complexity index is 968. The Labute approximate surface area is 140 Å². The first kappa shape index (κ1) is 14.5. The van der Waals surface area contributed by atoms with Crippen LogP contribution in [0.5, 0.6) is 0 Å². The Morgan fingerprint density at radius 2 is 1.79 bits per heavy atom. The summed E-state index contributed by atoms with van der Waals surface area (Å²) in [4.78, 5) is 19.9. The van der Waals surface area contributed by atoms with E-state index in [0.717, 1.165) is 39.3 Å². The van der Waals surface area contributed by atoms with Crippen LogP contribution in [-0.4, -0.2) is 15.9 Å². The van der Waals surface area contributed by atoms with Crippen LogP contribution in [-0.2, 0) is 4.79 Å². The molecule has 0 bridgehead atoms. The summed E-state index contributed by atoms with van der Waals surface area (Å²) in [5, 5.41) is 3.02. The lowest BCUT2D eigenvalue weighted by atomic mass is 9.99. The molecule has 0 atom stereocenters. The first-order valence-corrected chi connectivity index (χ1v) is 7.86. The van der Waals surface area contributed by atoms with Gasteiger partial charge in [0.05, 0.1) is 11.3 Å². The molecule has 0 radical (unpaired) electrons. The van der Waals surface area contributed by atoms with Crippen LogP contribution in [0, 0.1) is 13.8 Å². The van der Waals surface area contributed by atoms with Crippen molar-refractivity contribution in [2.45, 2.75) is 13.8 Å². The monoisotopic (exact) mass is 315 g/mol. The number of nitrogens with one attached hydrogen (secondary N) is 2. The maximum Gasteiger partial charge on any atom is 0.256 e. The van der Waals surface area contributed by atoms with Gasteiger partial charge in [0.25, 0.3) is 5.91 Å². The molecular weight excluding hydrogens is 298 g/mol. The number of benzene rings is 1. The lowest BCUT2D eigenvalue weighted by molar-refractivity contribution is -0.110. The fourth-order valence-electron chi connectivity index (χ4n) is 3.17. The second kappa shape index (κ2) is 5.49. The number of fused-ring (bicyclic) bond motifs is 1. The third-order valence-corrected chi connectivity index (χ3v) is 4.31. The minimum Gasteiger partial charge on any atom is -0.359 e. The highest BCUT2D eigenvalue weighted by Crippen LogP contribution is 2.40. The normalized spacial score (nSPS) is 14.8. The number of aryl methyl sites for hydroxylation is 2. The Hall–Kier alpha value is -3.14. The second-order valence-corrected chi connectivity index (χ2v) is 6.03. The van der Waals surface area contributed by atoms with Crippen LogP contribution in [0.1, 0.15) is 22.5 Å². The van der Waals surface area contributed by atoms with E-state index in [2.05, 4.69) is 21.4 Å². The van der Waals surface area contributed by atoms with E-state index in [-0.39, 0.29) is 5.91 Å². The first-order chi connectivity index (χ1) is 11.6. The lowest BCUT2D eigenvalue weighted by Gasteiger charge is -2.07. The largest absolute Gasteiger partial charge is 0.359 e. The van der Waals surface area contributed by atoms with Crippen LogP contribution < -0.4 is 5.32 Å². The number of rotatable bonds is 2. The van der Waals surface area contributed by atoms with Gasteiger partial charge >= 0.3 is 0 Å². The van der Waals surface area contributed by atoms with Gasteiger partial charge in [0.2, 0.25) is 0 Å². The summed E-state index contributed by atoms with van der Waals surface area (Å²) < 4.78 is 0. The van der Waals surface area contributed by atoms with E-state index < -0.39 is 0 Å². The molecule has 2 aromatic heterocycles. The predicted octanol–water partition coefficient (Wildman–Crippen LogP) is 4.19. The molecule has 0 spiro atoms. The summed E-state index contributed by atoms with van der Waals surface area (Å²) in [5.41, 5.74) is 7.71. The van der Waals surface area contributed by atoms with Gasteiger partial charge in [-0.2, -0.15) is 0 Å². The summed E-state index contributed by atoms with van der Waals surface area (Å²) in [6, 6.07) is 11.9. The number of aromatic amines is 1. The van der Waals surface area contributed by atoms with Gasteiger partial charge in [-0.25, -0.2) is 0 Å². The SMILES string of the molecule is Cc1cc(C)c(/C=C2\C(=O)Nc3c2cccc3-c2ccncc2)[nH]1. The summed E-state index contributed by atoms with van der Waals surface area (Å²) in [6.45, 7) is 4.05. The van der Waals surface area contributed by atoms with E-state index >= 15 is 0 Å². The Balaban J connectivity index is 1.86. The number of H-pyrrole nitrogens is 1. The third kappa shape index (κ3) is 2.33. The molecule has 1 amide bonds. The highest BCUT2D eigenvalue weighted by Gasteiger charge is 2.26. The van der Waals surface area contributed by atoms with Gasteiger partial charge in [-0.3, -0.25) is 9.78 Å². The third-order valence-electron chi connectivity index (χ3n) is 4.31.